The Bertz CT molecular complexity index is 1050. The van der Waals surface area contributed by atoms with Gasteiger partial charge in [0, 0.05) is 23.7 Å². The van der Waals surface area contributed by atoms with E-state index in [0.29, 0.717) is 35.9 Å². The first-order valence-electron chi connectivity index (χ1n) is 9.04. The molecule has 2 aliphatic rings. The zero-order valence-corrected chi connectivity index (χ0v) is 16.6. The van der Waals surface area contributed by atoms with Crippen LogP contribution in [-0.2, 0) is 26.2 Å². The third kappa shape index (κ3) is 3.77. The van der Waals surface area contributed by atoms with Crippen molar-refractivity contribution in [1.82, 2.24) is 4.90 Å². The van der Waals surface area contributed by atoms with E-state index in [2.05, 4.69) is 4.40 Å². The highest BCUT2D eigenvalue weighted by molar-refractivity contribution is 7.90. The van der Waals surface area contributed by atoms with E-state index in [-0.39, 0.29) is 23.4 Å². The van der Waals surface area contributed by atoms with E-state index in [4.69, 9.17) is 16.3 Å². The molecule has 0 unspecified atom stereocenters. The zero-order chi connectivity index (χ0) is 19.7. The standard InChI is InChI=1S/C20H19ClN2O4S/c21-16-7-3-5-14(11-16)13-27-20(24)15-6-4-10-23(12-15)19-17-8-1-2-9-18(17)28(25,26)22-19/h1-3,5,7-9,11,15H,4,6,10,12-13H2/t15-/m0/s1. The van der Waals surface area contributed by atoms with Gasteiger partial charge in [-0.1, -0.05) is 35.9 Å². The number of rotatable bonds is 3. The van der Waals surface area contributed by atoms with Crippen LogP contribution in [0.25, 0.3) is 0 Å². The van der Waals surface area contributed by atoms with E-state index < -0.39 is 10.0 Å². The number of hydrogen-bond donors (Lipinski definition) is 0. The van der Waals surface area contributed by atoms with Crippen molar-refractivity contribution in [2.45, 2.75) is 24.3 Å². The lowest BCUT2D eigenvalue weighted by Gasteiger charge is -2.32. The number of esters is 1. The van der Waals surface area contributed by atoms with Crippen molar-refractivity contribution >= 4 is 33.4 Å². The van der Waals surface area contributed by atoms with Crippen molar-refractivity contribution < 1.29 is 17.9 Å². The molecule has 146 valence electrons. The molecule has 0 aliphatic carbocycles. The van der Waals surface area contributed by atoms with Crippen molar-refractivity contribution in [3.63, 3.8) is 0 Å². The van der Waals surface area contributed by atoms with Gasteiger partial charge in [0.15, 0.2) is 5.84 Å². The van der Waals surface area contributed by atoms with Gasteiger partial charge < -0.3 is 9.64 Å². The second-order valence-electron chi connectivity index (χ2n) is 6.91. The Balaban J connectivity index is 1.46. The number of fused-ring (bicyclic) bond motifs is 1. The highest BCUT2D eigenvalue weighted by Crippen LogP contribution is 2.30. The van der Waals surface area contributed by atoms with E-state index in [1.54, 1.807) is 36.4 Å². The van der Waals surface area contributed by atoms with E-state index in [0.717, 1.165) is 12.0 Å². The molecule has 0 radical (unpaired) electrons. The first kappa shape index (κ1) is 19.0. The Labute approximate surface area is 168 Å². The molecule has 0 spiro atoms. The van der Waals surface area contributed by atoms with Gasteiger partial charge in [0.05, 0.1) is 5.92 Å². The maximum Gasteiger partial charge on any atom is 0.311 e. The van der Waals surface area contributed by atoms with Crippen LogP contribution in [0.4, 0.5) is 0 Å². The number of ether oxygens (including phenoxy) is 1. The highest BCUT2D eigenvalue weighted by Gasteiger charge is 2.35. The molecule has 0 N–H and O–H groups in total. The molecule has 1 saturated heterocycles. The van der Waals surface area contributed by atoms with Gasteiger partial charge in [-0.2, -0.15) is 8.42 Å². The van der Waals surface area contributed by atoms with E-state index in [1.807, 2.05) is 17.0 Å². The number of benzene rings is 2. The Morgan fingerprint density at radius 2 is 2.04 bits per heavy atom. The summed E-state index contributed by atoms with van der Waals surface area (Å²) in [5.41, 5.74) is 1.42. The van der Waals surface area contributed by atoms with Crippen LogP contribution in [0, 0.1) is 5.92 Å². The van der Waals surface area contributed by atoms with Gasteiger partial charge in [-0.25, -0.2) is 0 Å². The lowest BCUT2D eigenvalue weighted by atomic mass is 9.97. The van der Waals surface area contributed by atoms with Crippen LogP contribution in [0.3, 0.4) is 0 Å². The molecule has 2 aromatic rings. The number of amidine groups is 1. The van der Waals surface area contributed by atoms with Gasteiger partial charge in [0.1, 0.15) is 11.5 Å². The lowest BCUT2D eigenvalue weighted by molar-refractivity contribution is -0.151. The van der Waals surface area contributed by atoms with Crippen LogP contribution in [0.2, 0.25) is 5.02 Å². The molecular weight excluding hydrogens is 400 g/mol. The van der Waals surface area contributed by atoms with Crippen LogP contribution in [0.5, 0.6) is 0 Å². The third-order valence-electron chi connectivity index (χ3n) is 4.94. The molecule has 0 bridgehead atoms. The van der Waals surface area contributed by atoms with Crippen LogP contribution in [0.15, 0.2) is 57.8 Å². The van der Waals surface area contributed by atoms with Crippen molar-refractivity contribution in [3.8, 4) is 0 Å². The average Bonchev–Trinajstić information content (AvgIpc) is 2.98. The van der Waals surface area contributed by atoms with Crippen molar-refractivity contribution in [3.05, 3.63) is 64.7 Å². The largest absolute Gasteiger partial charge is 0.461 e. The Morgan fingerprint density at radius 3 is 2.86 bits per heavy atom. The summed E-state index contributed by atoms with van der Waals surface area (Å²) in [4.78, 5) is 14.6. The summed E-state index contributed by atoms with van der Waals surface area (Å²) >= 11 is 5.96. The highest BCUT2D eigenvalue weighted by atomic mass is 35.5. The molecule has 28 heavy (non-hydrogen) atoms. The summed E-state index contributed by atoms with van der Waals surface area (Å²) in [6.07, 6.45) is 1.46. The van der Waals surface area contributed by atoms with Gasteiger partial charge in [0.2, 0.25) is 0 Å². The second kappa shape index (κ2) is 7.56. The number of halogens is 1. The lowest BCUT2D eigenvalue weighted by Crippen LogP contribution is -2.42. The summed E-state index contributed by atoms with van der Waals surface area (Å²) in [7, 11) is -3.67. The monoisotopic (exact) mass is 418 g/mol. The summed E-state index contributed by atoms with van der Waals surface area (Å²) in [6.45, 7) is 1.20. The van der Waals surface area contributed by atoms with Crippen molar-refractivity contribution in [1.29, 1.82) is 0 Å². The second-order valence-corrected chi connectivity index (χ2v) is 8.92. The Hall–Kier alpha value is -2.38. The molecule has 0 amide bonds. The summed E-state index contributed by atoms with van der Waals surface area (Å²) in [6, 6.07) is 14.0. The van der Waals surface area contributed by atoms with Crippen LogP contribution < -0.4 is 0 Å². The fourth-order valence-corrected chi connectivity index (χ4v) is 5.02. The number of likely N-dealkylation sites (tertiary alicyclic amines) is 1. The van der Waals surface area contributed by atoms with Crippen molar-refractivity contribution in [2.24, 2.45) is 10.3 Å². The van der Waals surface area contributed by atoms with Crippen molar-refractivity contribution in [2.75, 3.05) is 13.1 Å². The summed E-state index contributed by atoms with van der Waals surface area (Å²) in [5, 5.41) is 0.594. The molecule has 1 fully saturated rings. The van der Waals surface area contributed by atoms with Gasteiger partial charge in [-0.3, -0.25) is 4.79 Å². The van der Waals surface area contributed by atoms with E-state index in [1.165, 1.54) is 0 Å². The number of hydrogen-bond acceptors (Lipinski definition) is 5. The fraction of sp³-hybridized carbons (Fsp3) is 0.300. The Kier molecular flexibility index (Phi) is 5.12. The maximum absolute atomic E-state index is 12.5. The molecular formula is C20H19ClN2O4S. The van der Waals surface area contributed by atoms with E-state index >= 15 is 0 Å². The molecule has 1 atom stereocenters. The number of carbonyl (C=O) groups is 1. The quantitative estimate of drug-likeness (QED) is 0.715. The van der Waals surface area contributed by atoms with Crippen LogP contribution in [0.1, 0.15) is 24.0 Å². The normalized spacial score (nSPS) is 20.4. The summed E-state index contributed by atoms with van der Waals surface area (Å²) < 4.78 is 34.0. The molecule has 4 rings (SSSR count). The molecule has 2 heterocycles. The predicted molar refractivity (Wildman–Crippen MR) is 106 cm³/mol. The smallest absolute Gasteiger partial charge is 0.311 e. The maximum atomic E-state index is 12.5. The molecule has 0 saturated carbocycles. The van der Waals surface area contributed by atoms with Crippen LogP contribution >= 0.6 is 11.6 Å². The number of nitrogens with zero attached hydrogens (tertiary/aromatic N) is 2. The molecule has 8 heteroatoms. The number of carbonyl (C=O) groups excluding carboxylic acids is 1. The van der Waals surface area contributed by atoms with Gasteiger partial charge in [-0.15, -0.1) is 4.40 Å². The Morgan fingerprint density at radius 1 is 1.21 bits per heavy atom. The first-order valence-corrected chi connectivity index (χ1v) is 10.9. The fourth-order valence-electron chi connectivity index (χ4n) is 3.58. The van der Waals surface area contributed by atoms with E-state index in [9.17, 15) is 13.2 Å². The SMILES string of the molecule is O=C(OCc1cccc(Cl)c1)[C@H]1CCCN(C2=NS(=O)(=O)c3ccccc32)C1. The molecule has 2 aromatic carbocycles. The number of sulfonamides is 1. The first-order chi connectivity index (χ1) is 13.4. The average molecular weight is 419 g/mol. The molecule has 6 nitrogen and oxygen atoms in total. The molecule has 0 aromatic heterocycles. The summed E-state index contributed by atoms with van der Waals surface area (Å²) in [5.74, 6) is -0.201. The minimum Gasteiger partial charge on any atom is -0.461 e. The van der Waals surface area contributed by atoms with Crippen LogP contribution in [-0.4, -0.2) is 38.2 Å². The zero-order valence-electron chi connectivity index (χ0n) is 15.0. The topological polar surface area (TPSA) is 76.0 Å². The van der Waals surface area contributed by atoms with Gasteiger partial charge in [0.25, 0.3) is 10.0 Å². The predicted octanol–water partition coefficient (Wildman–Crippen LogP) is 3.24. The minimum absolute atomic E-state index is 0.161. The minimum atomic E-state index is -3.67. The third-order valence-corrected chi connectivity index (χ3v) is 6.50. The molecule has 2 aliphatic heterocycles. The van der Waals surface area contributed by atoms with Gasteiger partial charge in [-0.05, 0) is 42.7 Å². The van der Waals surface area contributed by atoms with Gasteiger partial charge >= 0.3 is 5.97 Å². The number of piperidine rings is 1.